The number of nitrogens with zero attached hydrogens (tertiary/aromatic N) is 1. The Morgan fingerprint density at radius 2 is 2.20 bits per heavy atom. The lowest BCUT2D eigenvalue weighted by Crippen LogP contribution is -2.19. The molecule has 2 unspecified atom stereocenters. The molecule has 1 nitrogen and oxygen atoms in total. The van der Waals surface area contributed by atoms with Crippen molar-refractivity contribution in [2.75, 3.05) is 0 Å². The van der Waals surface area contributed by atoms with Gasteiger partial charge in [-0.3, -0.25) is 4.99 Å². The Morgan fingerprint density at radius 3 is 2.70 bits per heavy atom. The molecule has 2 atom stereocenters. The van der Waals surface area contributed by atoms with Crippen molar-refractivity contribution in [2.24, 2.45) is 4.99 Å². The molecule has 0 aromatic heterocycles. The van der Waals surface area contributed by atoms with Crippen LogP contribution in [0.15, 0.2) is 15.6 Å². The highest BCUT2D eigenvalue weighted by Crippen LogP contribution is 2.22. The third kappa shape index (κ3) is 1.70. The van der Waals surface area contributed by atoms with Gasteiger partial charge < -0.3 is 0 Å². The van der Waals surface area contributed by atoms with Gasteiger partial charge in [-0.15, -0.1) is 0 Å². The molecule has 1 rings (SSSR count). The van der Waals surface area contributed by atoms with E-state index in [-0.39, 0.29) is 0 Å². The van der Waals surface area contributed by atoms with E-state index < -0.39 is 0 Å². The summed E-state index contributed by atoms with van der Waals surface area (Å²) in [6, 6.07) is 0.362. The Kier molecular flexibility index (Phi) is 2.69. The van der Waals surface area contributed by atoms with Crippen molar-refractivity contribution in [3.63, 3.8) is 0 Å². The second-order valence-electron chi connectivity index (χ2n) is 2.41. The number of hydrogen-bond acceptors (Lipinski definition) is 1. The molecule has 0 saturated carbocycles. The van der Waals surface area contributed by atoms with E-state index in [1.165, 1.54) is 0 Å². The van der Waals surface area contributed by atoms with Crippen molar-refractivity contribution >= 4 is 37.6 Å². The molecule has 10 heavy (non-hydrogen) atoms. The number of rotatable bonds is 0. The lowest BCUT2D eigenvalue weighted by atomic mass is 10.1. The van der Waals surface area contributed by atoms with Crippen LogP contribution < -0.4 is 0 Å². The maximum atomic E-state index is 4.40. The molecule has 1 aliphatic heterocycles. The first kappa shape index (κ1) is 8.47. The van der Waals surface area contributed by atoms with E-state index >= 15 is 0 Å². The van der Waals surface area contributed by atoms with Crippen LogP contribution in [-0.4, -0.2) is 16.6 Å². The zero-order chi connectivity index (χ0) is 7.72. The molecule has 1 heterocycles. The summed E-state index contributed by atoms with van der Waals surface area (Å²) in [6.07, 6.45) is 2.13. The SMILES string of the molecule is CC1=NC(C)C(Br)C=C1Br. The fourth-order valence-electron chi connectivity index (χ4n) is 0.838. The quantitative estimate of drug-likeness (QED) is 0.598. The first-order valence-corrected chi connectivity index (χ1v) is 4.88. The van der Waals surface area contributed by atoms with Crippen molar-refractivity contribution in [2.45, 2.75) is 24.7 Å². The Balaban J connectivity index is 2.83. The highest BCUT2D eigenvalue weighted by Gasteiger charge is 2.16. The summed E-state index contributed by atoms with van der Waals surface area (Å²) < 4.78 is 1.10. The van der Waals surface area contributed by atoms with E-state index in [4.69, 9.17) is 0 Å². The molecule has 0 spiro atoms. The number of allylic oxidation sites excluding steroid dienone is 1. The Morgan fingerprint density at radius 1 is 1.60 bits per heavy atom. The van der Waals surface area contributed by atoms with E-state index in [0.717, 1.165) is 10.2 Å². The molecule has 56 valence electrons. The summed E-state index contributed by atoms with van der Waals surface area (Å²) in [4.78, 5) is 4.78. The van der Waals surface area contributed by atoms with Crippen LogP contribution >= 0.6 is 31.9 Å². The van der Waals surface area contributed by atoms with E-state index in [9.17, 15) is 0 Å². The largest absolute Gasteiger partial charge is 0.284 e. The van der Waals surface area contributed by atoms with Gasteiger partial charge in [0.15, 0.2) is 0 Å². The van der Waals surface area contributed by atoms with Gasteiger partial charge >= 0.3 is 0 Å². The number of halogens is 2. The highest BCUT2D eigenvalue weighted by molar-refractivity contribution is 9.12. The summed E-state index contributed by atoms with van der Waals surface area (Å²) in [7, 11) is 0. The van der Waals surface area contributed by atoms with Crippen LogP contribution in [0, 0.1) is 0 Å². The second-order valence-corrected chi connectivity index (χ2v) is 4.33. The van der Waals surface area contributed by atoms with Crippen molar-refractivity contribution < 1.29 is 0 Å². The van der Waals surface area contributed by atoms with Gasteiger partial charge in [0.25, 0.3) is 0 Å². The lowest BCUT2D eigenvalue weighted by molar-refractivity contribution is 0.773. The topological polar surface area (TPSA) is 12.4 Å². The van der Waals surface area contributed by atoms with Gasteiger partial charge in [-0.25, -0.2) is 0 Å². The normalized spacial score (nSPS) is 33.2. The van der Waals surface area contributed by atoms with Crippen LogP contribution in [0.5, 0.6) is 0 Å². The Hall–Kier alpha value is 0.370. The van der Waals surface area contributed by atoms with Crippen LogP contribution in [0.1, 0.15) is 13.8 Å². The zero-order valence-electron chi connectivity index (χ0n) is 5.94. The molecule has 0 aromatic rings. The maximum absolute atomic E-state index is 4.40. The molecule has 0 aliphatic carbocycles. The molecule has 0 bridgehead atoms. The van der Waals surface area contributed by atoms with Gasteiger partial charge in [-0.2, -0.15) is 0 Å². The van der Waals surface area contributed by atoms with Crippen LogP contribution in [-0.2, 0) is 0 Å². The fraction of sp³-hybridized carbons (Fsp3) is 0.571. The van der Waals surface area contributed by atoms with Gasteiger partial charge in [0.05, 0.1) is 10.9 Å². The number of hydrogen-bond donors (Lipinski definition) is 0. The minimum Gasteiger partial charge on any atom is -0.284 e. The summed E-state index contributed by atoms with van der Waals surface area (Å²) in [5.41, 5.74) is 1.09. The first-order chi connectivity index (χ1) is 4.61. The third-order valence-electron chi connectivity index (χ3n) is 1.51. The van der Waals surface area contributed by atoms with E-state index in [1.807, 2.05) is 6.92 Å². The summed E-state index contributed by atoms with van der Waals surface area (Å²) >= 11 is 6.93. The van der Waals surface area contributed by atoms with Crippen LogP contribution in [0.4, 0.5) is 0 Å². The molecule has 0 saturated heterocycles. The van der Waals surface area contributed by atoms with Crippen LogP contribution in [0.3, 0.4) is 0 Å². The van der Waals surface area contributed by atoms with E-state index in [0.29, 0.717) is 10.9 Å². The molecular weight excluding hydrogens is 258 g/mol. The standard InChI is InChI=1S/C7H9Br2N/c1-4-6(8)3-7(9)5(2)10-4/h3-4,6H,1-2H3. The average molecular weight is 267 g/mol. The van der Waals surface area contributed by atoms with Gasteiger partial charge in [0.1, 0.15) is 0 Å². The van der Waals surface area contributed by atoms with Crippen molar-refractivity contribution in [3.05, 3.63) is 10.6 Å². The van der Waals surface area contributed by atoms with Crippen molar-refractivity contribution in [3.8, 4) is 0 Å². The molecule has 0 N–H and O–H groups in total. The minimum absolute atomic E-state index is 0.362. The monoisotopic (exact) mass is 265 g/mol. The number of alkyl halides is 1. The predicted octanol–water partition coefficient (Wildman–Crippen LogP) is 2.89. The van der Waals surface area contributed by atoms with Crippen LogP contribution in [0.2, 0.25) is 0 Å². The summed E-state index contributed by atoms with van der Waals surface area (Å²) in [6.45, 7) is 4.11. The van der Waals surface area contributed by atoms with Crippen molar-refractivity contribution in [1.82, 2.24) is 0 Å². The van der Waals surface area contributed by atoms with E-state index in [2.05, 4.69) is 49.9 Å². The molecule has 0 radical (unpaired) electrons. The van der Waals surface area contributed by atoms with Crippen LogP contribution in [0.25, 0.3) is 0 Å². The Bertz CT molecular complexity index is 174. The molecule has 3 heteroatoms. The van der Waals surface area contributed by atoms with Crippen molar-refractivity contribution in [1.29, 1.82) is 0 Å². The molecule has 0 fully saturated rings. The van der Waals surface area contributed by atoms with E-state index in [1.54, 1.807) is 0 Å². The molecule has 0 aromatic carbocycles. The molecule has 0 amide bonds. The lowest BCUT2D eigenvalue weighted by Gasteiger charge is -2.17. The summed E-state index contributed by atoms with van der Waals surface area (Å²) in [5.74, 6) is 0. The Labute approximate surface area is 77.9 Å². The third-order valence-corrected chi connectivity index (χ3v) is 3.38. The molecular formula is C7H9Br2N. The molecule has 1 aliphatic rings. The number of aliphatic imine (C=N–C) groups is 1. The van der Waals surface area contributed by atoms with Gasteiger partial charge in [-0.05, 0) is 29.8 Å². The zero-order valence-corrected chi connectivity index (χ0v) is 9.11. The van der Waals surface area contributed by atoms with Gasteiger partial charge in [0, 0.05) is 10.2 Å². The predicted molar refractivity (Wildman–Crippen MR) is 52.3 cm³/mol. The average Bonchev–Trinajstić information content (AvgIpc) is 1.84. The first-order valence-electron chi connectivity index (χ1n) is 3.17. The van der Waals surface area contributed by atoms with Gasteiger partial charge in [0.2, 0.25) is 0 Å². The summed E-state index contributed by atoms with van der Waals surface area (Å²) in [5, 5.41) is 0. The minimum atomic E-state index is 0.362. The maximum Gasteiger partial charge on any atom is 0.0635 e. The fourth-order valence-corrected chi connectivity index (χ4v) is 1.96. The highest BCUT2D eigenvalue weighted by atomic mass is 79.9. The smallest absolute Gasteiger partial charge is 0.0635 e. The van der Waals surface area contributed by atoms with Gasteiger partial charge in [-0.1, -0.05) is 22.0 Å². The second kappa shape index (κ2) is 3.18. The number of dihydropyridines is 1.